The van der Waals surface area contributed by atoms with E-state index >= 15 is 0 Å². The SMILES string of the molecule is CO[C@H]1C[C@@H]2CC[C@@H](C)[C@@](O)(O2)C(=O)C(=O)N2CCCC[C@H]2C(=O)O[C@H]([C@H](N)C[C@@H]2CC[C@@H](OC(=O)NCc3cnc(N4CCN(c5ncc(C(=O)NCCOCCOCCOCCOCCC(=O)N6CCc7cc(Cn8nc(-c9ccc%10oc(N)nc%10c9)c9c(N)ncnc98)ccc7C6)cn5)CC4)nc3)[C@H](OC)C2)C[C@@H](O)[C@H](C)/C=C(\C)[C@@H](O)[C@@H](O)C(=O)[C@H](C)C[C@H](C)/C=C/C=C/C=C/1C. The maximum Gasteiger partial charge on any atom is 0.407 e. The molecule has 0 spiro atoms. The van der Waals surface area contributed by atoms with Gasteiger partial charge < -0.3 is 115 Å². The molecular weight excluding hydrogens is 1750 g/mol. The molecular formula is C97H132N18O21. The average molecular weight is 1890 g/mol. The second-order valence-corrected chi connectivity index (χ2v) is 36.5. The van der Waals surface area contributed by atoms with Crippen LogP contribution in [0.5, 0.6) is 0 Å². The summed E-state index contributed by atoms with van der Waals surface area (Å²) in [5, 5.41) is 58.0. The Morgan fingerprint density at radius 2 is 1.40 bits per heavy atom. The molecule has 13 rings (SSSR count). The van der Waals surface area contributed by atoms with Crippen molar-refractivity contribution in [3.05, 3.63) is 143 Å². The number of ketones is 2. The molecule has 7 aromatic rings. The number of oxazole rings is 1. The number of allylic oxidation sites excluding steroid dienone is 5. The number of aliphatic hydroxyl groups is 4. The van der Waals surface area contributed by atoms with E-state index < -0.39 is 114 Å². The standard InChI is InChI=1S/C97H132N18O21/c1-58-14-10-9-11-15-59(2)78(127-7)48-71-22-17-63(6)97(126,136-71)87(121)91(123)114-28-13-12-16-74(114)92(124)133-79(49-75(116)60(3)43-62(5)85(119)86(120)84(118)61(4)42-58)72(98)45-64-19-23-77(80(46-64)128-8)135-96(125)106-52-66-50-102-94(103-51-66)111-30-32-112(33-31-111)95-104-53-70(54-105-95)90(122)101-27-35-130-37-39-132-41-40-131-38-36-129-34-26-81(117)113-29-25-67-44-65(18-20-69(67)56-113)55-115-89-82(88(99)107-57-108-89)83(110-115)68-21-24-76-73(47-68)109-93(100)134-76/h9-11,14-15,18,20-21,24,43-44,47,50-51,53-54,57-58,60-61,63-64,71-72,74-75,77-80,85-86,116,119-120,126H,12-13,16-17,19,22-23,25-42,45-46,48-49,52,55-56,98H2,1-8H3,(H2,100,109)(H,101,122)(H,106,125)(H2,99,107,108)/b11-9+,14-10+,59-15+,62-43+/t58-,60-,61-,63-,64+,71+,72-,74+,75-,77-,78+,79+,80-,85-,86+,97-/m1/s1. The van der Waals surface area contributed by atoms with Crippen molar-refractivity contribution in [2.75, 3.05) is 134 Å². The molecule has 736 valence electrons. The zero-order valence-corrected chi connectivity index (χ0v) is 78.9. The first-order chi connectivity index (χ1) is 65.5. The molecule has 39 heteroatoms. The number of carbonyl (C=O) groups excluding carboxylic acids is 7. The molecule has 136 heavy (non-hydrogen) atoms. The maximum atomic E-state index is 14.8. The van der Waals surface area contributed by atoms with Crippen LogP contribution >= 0.6 is 0 Å². The lowest BCUT2D eigenvalue weighted by Gasteiger charge is -2.42. The largest absolute Gasteiger partial charge is 0.459 e. The van der Waals surface area contributed by atoms with Crippen molar-refractivity contribution in [2.45, 2.75) is 218 Å². The van der Waals surface area contributed by atoms with Gasteiger partial charge in [-0.15, -0.1) is 0 Å². The molecule has 2 bridgehead atoms. The second-order valence-electron chi connectivity index (χ2n) is 36.5. The van der Waals surface area contributed by atoms with Crippen molar-refractivity contribution < 1.29 is 101 Å². The third-order valence-corrected chi connectivity index (χ3v) is 26.6. The number of ether oxygens (including phenoxy) is 9. The summed E-state index contributed by atoms with van der Waals surface area (Å²) < 4.78 is 60.3. The smallest absolute Gasteiger partial charge is 0.407 e. The molecule has 1 saturated carbocycles. The van der Waals surface area contributed by atoms with E-state index in [1.165, 1.54) is 31.4 Å². The van der Waals surface area contributed by atoms with Crippen molar-refractivity contribution >= 4 is 87.2 Å². The zero-order chi connectivity index (χ0) is 96.7. The van der Waals surface area contributed by atoms with Gasteiger partial charge in [0.05, 0.1) is 101 Å². The van der Waals surface area contributed by atoms with Crippen LogP contribution in [0, 0.1) is 29.6 Å². The average Bonchev–Trinajstić information content (AvgIpc) is 1.62. The first-order valence-corrected chi connectivity index (χ1v) is 47.3. The fraction of sp³-hybridized carbons (Fsp3) is 0.577. The number of hydrogen-bond acceptors (Lipinski definition) is 34. The van der Waals surface area contributed by atoms with E-state index in [-0.39, 0.29) is 100 Å². The fourth-order valence-corrected chi connectivity index (χ4v) is 18.5. The predicted molar refractivity (Wildman–Crippen MR) is 502 cm³/mol. The number of aliphatic hydroxyl groups excluding tert-OH is 3. The first-order valence-electron chi connectivity index (χ1n) is 47.3. The van der Waals surface area contributed by atoms with Gasteiger partial charge in [0.1, 0.15) is 53.8 Å². The minimum absolute atomic E-state index is 0.00607. The highest BCUT2D eigenvalue weighted by Crippen LogP contribution is 2.40. The molecule has 3 saturated heterocycles. The molecule has 0 radical (unpaired) electrons. The Labute approximate surface area is 791 Å². The summed E-state index contributed by atoms with van der Waals surface area (Å²) in [5.41, 5.74) is 27.7. The maximum absolute atomic E-state index is 14.8. The Hall–Kier alpha value is -11.2. The number of piperazine rings is 1. The van der Waals surface area contributed by atoms with Gasteiger partial charge in [-0.25, -0.2) is 44.2 Å². The Bertz CT molecular complexity index is 5340. The molecule has 5 aliphatic heterocycles. The van der Waals surface area contributed by atoms with Crippen LogP contribution in [0.3, 0.4) is 0 Å². The Balaban J connectivity index is 0.490. The molecule has 4 amide bonds. The highest BCUT2D eigenvalue weighted by atomic mass is 16.6. The molecule has 1 aliphatic carbocycles. The van der Waals surface area contributed by atoms with E-state index in [0.717, 1.165) is 27.2 Å². The number of carbonyl (C=O) groups is 7. The molecule has 5 aromatic heterocycles. The number of nitrogens with one attached hydrogen (secondary N) is 2. The van der Waals surface area contributed by atoms with Gasteiger partial charge in [-0.3, -0.25) is 24.0 Å². The van der Waals surface area contributed by atoms with E-state index in [9.17, 15) is 54.0 Å². The number of aromatic nitrogens is 9. The topological polar surface area (TPSA) is 520 Å². The van der Waals surface area contributed by atoms with E-state index in [1.54, 1.807) is 59.3 Å². The minimum Gasteiger partial charge on any atom is -0.459 e. The molecule has 16 atom stereocenters. The summed E-state index contributed by atoms with van der Waals surface area (Å²) in [6.45, 7) is 17.1. The summed E-state index contributed by atoms with van der Waals surface area (Å²) in [6.07, 6.45) is 14.6. The molecule has 0 unspecified atom stereocenters. The van der Waals surface area contributed by atoms with Gasteiger partial charge in [-0.05, 0) is 142 Å². The van der Waals surface area contributed by atoms with Gasteiger partial charge >= 0.3 is 12.1 Å². The van der Waals surface area contributed by atoms with Gasteiger partial charge in [0.2, 0.25) is 23.6 Å². The first kappa shape index (κ1) is 102. The summed E-state index contributed by atoms with van der Waals surface area (Å²) in [6, 6.07) is 9.69. The van der Waals surface area contributed by atoms with Crippen molar-refractivity contribution in [1.29, 1.82) is 0 Å². The Morgan fingerprint density at radius 1 is 0.691 bits per heavy atom. The lowest BCUT2D eigenvalue weighted by atomic mass is 9.80. The normalized spacial score (nSPS) is 27.1. The predicted octanol–water partition coefficient (Wildman–Crippen LogP) is 6.78. The highest BCUT2D eigenvalue weighted by Gasteiger charge is 2.53. The van der Waals surface area contributed by atoms with Crippen LogP contribution in [0.1, 0.15) is 158 Å². The molecule has 39 nitrogen and oxygen atoms in total. The van der Waals surface area contributed by atoms with Crippen LogP contribution in [-0.2, 0) is 92.7 Å². The van der Waals surface area contributed by atoms with Crippen molar-refractivity contribution in [2.24, 2.45) is 35.3 Å². The van der Waals surface area contributed by atoms with Crippen molar-refractivity contribution in [3.63, 3.8) is 0 Å². The lowest BCUT2D eigenvalue weighted by molar-refractivity contribution is -0.265. The van der Waals surface area contributed by atoms with Crippen LogP contribution in [-0.4, -0.2) is 296 Å². The van der Waals surface area contributed by atoms with E-state index in [4.69, 9.17) is 69.3 Å². The number of nitrogens with two attached hydrogens (primary N) is 3. The number of Topliss-reactive ketones (excluding diaryl/α,β-unsaturated/α-hetero) is 2. The number of piperidine rings is 1. The van der Waals surface area contributed by atoms with E-state index in [0.29, 0.717) is 200 Å². The summed E-state index contributed by atoms with van der Waals surface area (Å²) >= 11 is 0. The molecule has 10 heterocycles. The number of methoxy groups -OCH3 is 2. The Morgan fingerprint density at radius 3 is 2.11 bits per heavy atom. The van der Waals surface area contributed by atoms with E-state index in [2.05, 4.69) is 57.7 Å². The minimum atomic E-state index is -2.51. The van der Waals surface area contributed by atoms with Crippen molar-refractivity contribution in [1.82, 2.24) is 65.1 Å². The van der Waals surface area contributed by atoms with Gasteiger partial charge in [0.25, 0.3) is 23.6 Å². The molecule has 2 aromatic carbocycles. The van der Waals surface area contributed by atoms with Gasteiger partial charge in [0, 0.05) is 146 Å². The Kier molecular flexibility index (Phi) is 36.6. The highest BCUT2D eigenvalue weighted by molar-refractivity contribution is 6.39. The number of amides is 4. The van der Waals surface area contributed by atoms with Gasteiger partial charge in [-0.2, -0.15) is 10.1 Å². The monoisotopic (exact) mass is 1880 g/mol. The molecule has 12 N–H and O–H groups in total. The number of alkyl carbamates (subject to hydrolysis) is 1. The zero-order valence-electron chi connectivity index (χ0n) is 78.9. The van der Waals surface area contributed by atoms with Crippen LogP contribution in [0.4, 0.5) is 28.5 Å². The summed E-state index contributed by atoms with van der Waals surface area (Å²) in [5.74, 6) is -7.61. The summed E-state index contributed by atoms with van der Waals surface area (Å²) in [4.78, 5) is 135. The number of esters is 1. The number of anilines is 4. The second kappa shape index (κ2) is 48.7. The number of rotatable bonds is 29. The van der Waals surface area contributed by atoms with Gasteiger partial charge in [0.15, 0.2) is 17.0 Å². The number of hydrogen-bond donors (Lipinski definition) is 9. The lowest BCUT2D eigenvalue weighted by Crippen LogP contribution is -2.61. The van der Waals surface area contributed by atoms with Crippen LogP contribution < -0.4 is 37.6 Å². The third kappa shape index (κ3) is 26.8. The van der Waals surface area contributed by atoms with Crippen molar-refractivity contribution in [3.8, 4) is 11.3 Å². The molecule has 6 aliphatic rings. The number of cyclic esters (lactones) is 1. The van der Waals surface area contributed by atoms with Crippen LogP contribution in [0.2, 0.25) is 0 Å². The third-order valence-electron chi connectivity index (χ3n) is 26.6. The fourth-order valence-electron chi connectivity index (χ4n) is 18.5. The van der Waals surface area contributed by atoms with Gasteiger partial charge in [-0.1, -0.05) is 82.4 Å². The van der Waals surface area contributed by atoms with Crippen LogP contribution in [0.15, 0.2) is 120 Å². The quantitative estimate of drug-likeness (QED) is 0.0101. The summed E-state index contributed by atoms with van der Waals surface area (Å²) in [7, 11) is 3.07. The number of benzene rings is 2. The molecule has 4 fully saturated rings. The number of nitrogens with zero attached hydrogens (tertiary/aromatic N) is 13. The van der Waals surface area contributed by atoms with E-state index in [1.807, 2.05) is 81.8 Å². The number of fused-ring (bicyclic) bond motifs is 6. The number of nitrogen functional groups attached to an aromatic ring is 2. The van der Waals surface area contributed by atoms with Crippen LogP contribution in [0.25, 0.3) is 33.4 Å².